The van der Waals surface area contributed by atoms with Crippen LogP contribution in [0.2, 0.25) is 0 Å². The minimum Gasteiger partial charge on any atom is -0.331 e. The van der Waals surface area contributed by atoms with Crippen LogP contribution >= 0.6 is 46.1 Å². The fourth-order valence-electron chi connectivity index (χ4n) is 1.78. The fraction of sp³-hybridized carbons (Fsp3) is 0.0909. The van der Waals surface area contributed by atoms with Gasteiger partial charge in [-0.05, 0) is 40.9 Å². The molecule has 0 aliphatic carbocycles. The van der Waals surface area contributed by atoms with E-state index < -0.39 is 0 Å². The van der Waals surface area contributed by atoms with Crippen LogP contribution in [0.4, 0.5) is 4.39 Å². The van der Waals surface area contributed by atoms with Gasteiger partial charge in [-0.1, -0.05) is 0 Å². The van der Waals surface area contributed by atoms with Crippen molar-refractivity contribution in [3.05, 3.63) is 42.9 Å². The maximum absolute atomic E-state index is 13.6. The van der Waals surface area contributed by atoms with Gasteiger partial charge in [0.15, 0.2) is 4.77 Å². The van der Waals surface area contributed by atoms with Crippen molar-refractivity contribution in [2.45, 2.75) is 6.54 Å². The van der Waals surface area contributed by atoms with E-state index in [1.165, 1.54) is 6.07 Å². The molecule has 7 heteroatoms. The van der Waals surface area contributed by atoms with Crippen LogP contribution < -0.4 is 0 Å². The van der Waals surface area contributed by atoms with E-state index >= 15 is 0 Å². The van der Waals surface area contributed by atoms with Crippen molar-refractivity contribution in [1.82, 2.24) is 14.5 Å². The van der Waals surface area contributed by atoms with Gasteiger partial charge in [-0.2, -0.15) is 0 Å². The summed E-state index contributed by atoms with van der Waals surface area (Å²) < 4.78 is 16.7. The summed E-state index contributed by atoms with van der Waals surface area (Å²) >= 11 is 8.81. The van der Waals surface area contributed by atoms with E-state index in [1.807, 2.05) is 27.2 Å². The first-order chi connectivity index (χ1) is 8.65. The molecule has 0 aliphatic heterocycles. The van der Waals surface area contributed by atoms with Crippen LogP contribution in [0.5, 0.6) is 0 Å². The maximum Gasteiger partial charge on any atom is 0.178 e. The SMILES string of the molecule is Fc1cc2c(cc1I)[nH]c(=S)n2Cc1cncs1. The van der Waals surface area contributed by atoms with E-state index in [2.05, 4.69) is 9.97 Å². The van der Waals surface area contributed by atoms with Crippen LogP contribution in [-0.4, -0.2) is 14.5 Å². The van der Waals surface area contributed by atoms with Gasteiger partial charge in [0.1, 0.15) is 5.82 Å². The van der Waals surface area contributed by atoms with Crippen molar-refractivity contribution in [2.24, 2.45) is 0 Å². The van der Waals surface area contributed by atoms with E-state index in [9.17, 15) is 4.39 Å². The Hall–Kier alpha value is -0.800. The van der Waals surface area contributed by atoms with E-state index in [4.69, 9.17) is 12.2 Å². The van der Waals surface area contributed by atoms with Crippen LogP contribution in [-0.2, 0) is 6.54 Å². The molecule has 18 heavy (non-hydrogen) atoms. The molecule has 0 aliphatic rings. The summed E-state index contributed by atoms with van der Waals surface area (Å²) in [5, 5.41) is 0. The Morgan fingerprint density at radius 3 is 3.06 bits per heavy atom. The van der Waals surface area contributed by atoms with Crippen LogP contribution in [0, 0.1) is 14.2 Å². The Kier molecular flexibility index (Phi) is 3.20. The van der Waals surface area contributed by atoms with Gasteiger partial charge >= 0.3 is 0 Å². The summed E-state index contributed by atoms with van der Waals surface area (Å²) in [5.41, 5.74) is 3.42. The maximum atomic E-state index is 13.6. The summed E-state index contributed by atoms with van der Waals surface area (Å²) in [5.74, 6) is -0.227. The predicted molar refractivity (Wildman–Crippen MR) is 81.0 cm³/mol. The minimum absolute atomic E-state index is 0.227. The van der Waals surface area contributed by atoms with Crippen molar-refractivity contribution < 1.29 is 4.39 Å². The summed E-state index contributed by atoms with van der Waals surface area (Å²) in [4.78, 5) is 8.22. The number of thiazole rings is 1. The van der Waals surface area contributed by atoms with Gasteiger partial charge in [0.25, 0.3) is 0 Å². The highest BCUT2D eigenvalue weighted by molar-refractivity contribution is 14.1. The highest BCUT2D eigenvalue weighted by atomic mass is 127. The summed E-state index contributed by atoms with van der Waals surface area (Å²) in [6, 6.07) is 3.29. The third-order valence-electron chi connectivity index (χ3n) is 2.61. The summed E-state index contributed by atoms with van der Waals surface area (Å²) in [6.07, 6.45) is 1.80. The molecule has 0 fully saturated rings. The molecule has 1 N–H and O–H groups in total. The Bertz CT molecular complexity index is 761. The number of nitrogens with one attached hydrogen (secondary N) is 1. The molecule has 92 valence electrons. The number of halogens is 2. The summed E-state index contributed by atoms with van der Waals surface area (Å²) in [6.45, 7) is 0.615. The molecule has 0 spiro atoms. The van der Waals surface area contributed by atoms with Crippen molar-refractivity contribution in [2.75, 3.05) is 0 Å². The number of imidazole rings is 1. The Labute approximate surface area is 125 Å². The quantitative estimate of drug-likeness (QED) is 0.530. The van der Waals surface area contributed by atoms with E-state index in [1.54, 1.807) is 29.1 Å². The zero-order valence-corrected chi connectivity index (χ0v) is 12.8. The number of aromatic amines is 1. The van der Waals surface area contributed by atoms with Crippen molar-refractivity contribution in [3.8, 4) is 0 Å². The molecule has 2 aromatic heterocycles. The minimum atomic E-state index is -0.227. The number of hydrogen-bond acceptors (Lipinski definition) is 3. The van der Waals surface area contributed by atoms with Gasteiger partial charge in [0.2, 0.25) is 0 Å². The monoisotopic (exact) mass is 391 g/mol. The molecule has 0 saturated carbocycles. The molecule has 0 bridgehead atoms. The third-order valence-corrected chi connectivity index (χ3v) is 4.53. The number of nitrogens with zero attached hydrogens (tertiary/aromatic N) is 2. The molecule has 0 atom stereocenters. The number of rotatable bonds is 2. The second-order valence-corrected chi connectivity index (χ2v) is 6.29. The highest BCUT2D eigenvalue weighted by Gasteiger charge is 2.09. The first-order valence-electron chi connectivity index (χ1n) is 5.10. The molecule has 0 radical (unpaired) electrons. The standard InChI is InChI=1S/C11H7FIN3S2/c12-7-1-10-9(2-8(7)13)15-11(17)16(10)4-6-3-14-5-18-6/h1-3,5H,4H2,(H,15,17). The van der Waals surface area contributed by atoms with E-state index in [0.29, 0.717) is 14.9 Å². The molecule has 2 heterocycles. The number of H-pyrrole nitrogens is 1. The number of fused-ring (bicyclic) bond motifs is 1. The van der Waals surface area contributed by atoms with Gasteiger partial charge in [-0.25, -0.2) is 4.39 Å². The normalized spacial score (nSPS) is 11.2. The molecule has 3 aromatic rings. The van der Waals surface area contributed by atoms with Crippen molar-refractivity contribution in [3.63, 3.8) is 0 Å². The first-order valence-corrected chi connectivity index (χ1v) is 7.47. The Morgan fingerprint density at radius 1 is 1.50 bits per heavy atom. The molecule has 1 aromatic carbocycles. The van der Waals surface area contributed by atoms with Crippen molar-refractivity contribution >= 4 is 57.2 Å². The van der Waals surface area contributed by atoms with Crippen LogP contribution in [0.25, 0.3) is 11.0 Å². The zero-order chi connectivity index (χ0) is 12.7. The summed E-state index contributed by atoms with van der Waals surface area (Å²) in [7, 11) is 0. The molecule has 3 nitrogen and oxygen atoms in total. The molecule has 0 saturated heterocycles. The number of benzene rings is 1. The van der Waals surface area contributed by atoms with Crippen LogP contribution in [0.15, 0.2) is 23.8 Å². The third kappa shape index (κ3) is 2.10. The average molecular weight is 391 g/mol. The van der Waals surface area contributed by atoms with Crippen LogP contribution in [0.1, 0.15) is 4.88 Å². The lowest BCUT2D eigenvalue weighted by atomic mass is 10.3. The Morgan fingerprint density at radius 2 is 2.33 bits per heavy atom. The van der Waals surface area contributed by atoms with E-state index in [0.717, 1.165) is 15.9 Å². The Balaban J connectivity index is 2.19. The predicted octanol–water partition coefficient (Wildman–Crippen LogP) is 3.95. The van der Waals surface area contributed by atoms with Crippen molar-refractivity contribution in [1.29, 1.82) is 0 Å². The number of hydrogen-bond donors (Lipinski definition) is 1. The molecular weight excluding hydrogens is 384 g/mol. The zero-order valence-electron chi connectivity index (χ0n) is 8.98. The molecular formula is C11H7FIN3S2. The lowest BCUT2D eigenvalue weighted by Crippen LogP contribution is -1.98. The molecule has 3 rings (SSSR count). The topological polar surface area (TPSA) is 33.6 Å². The highest BCUT2D eigenvalue weighted by Crippen LogP contribution is 2.22. The lowest BCUT2D eigenvalue weighted by Gasteiger charge is -2.02. The van der Waals surface area contributed by atoms with Crippen LogP contribution in [0.3, 0.4) is 0 Å². The lowest BCUT2D eigenvalue weighted by molar-refractivity contribution is 0.621. The van der Waals surface area contributed by atoms with Gasteiger partial charge in [-0.3, -0.25) is 4.98 Å². The first kappa shape index (κ1) is 12.2. The van der Waals surface area contributed by atoms with Gasteiger partial charge in [-0.15, -0.1) is 11.3 Å². The van der Waals surface area contributed by atoms with Gasteiger partial charge in [0.05, 0.1) is 26.7 Å². The second-order valence-electron chi connectivity index (χ2n) is 3.77. The largest absolute Gasteiger partial charge is 0.331 e. The second kappa shape index (κ2) is 4.71. The van der Waals surface area contributed by atoms with E-state index in [-0.39, 0.29) is 5.82 Å². The smallest absolute Gasteiger partial charge is 0.178 e. The molecule has 0 unspecified atom stereocenters. The molecule has 0 amide bonds. The fourth-order valence-corrected chi connectivity index (χ4v) is 3.11. The van der Waals surface area contributed by atoms with Gasteiger partial charge in [0, 0.05) is 17.1 Å². The van der Waals surface area contributed by atoms with Gasteiger partial charge < -0.3 is 9.55 Å². The number of aromatic nitrogens is 3. The average Bonchev–Trinajstić information content (AvgIpc) is 2.92.